The summed E-state index contributed by atoms with van der Waals surface area (Å²) < 4.78 is 26.6. The molecule has 0 aliphatic carbocycles. The first kappa shape index (κ1) is 14.1. The van der Waals surface area contributed by atoms with Crippen LogP contribution in [0.25, 0.3) is 0 Å². The molecule has 1 aliphatic heterocycles. The number of rotatable bonds is 3. The fourth-order valence-electron chi connectivity index (χ4n) is 2.58. The molecule has 0 spiro atoms. The zero-order valence-electron chi connectivity index (χ0n) is 11.3. The van der Waals surface area contributed by atoms with E-state index in [1.54, 1.807) is 0 Å². The first-order valence-corrected chi connectivity index (χ1v) is 6.69. The molecule has 19 heavy (non-hydrogen) atoms. The van der Waals surface area contributed by atoms with Gasteiger partial charge in [0.25, 0.3) is 0 Å². The largest absolute Gasteiger partial charge is 0.293 e. The molecule has 0 amide bonds. The minimum atomic E-state index is -0.649. The molecule has 104 valence electrons. The standard InChI is InChI=1S/C15H19F2NO/c1-10-3-4-11(2)18(8-10)9-15(19)13-7-12(16)5-6-14(13)17/h5-7,10-11H,3-4,8-9H2,1-2H3. The highest BCUT2D eigenvalue weighted by molar-refractivity contribution is 5.97. The predicted octanol–water partition coefficient (Wildman–Crippen LogP) is 3.27. The van der Waals surface area contributed by atoms with E-state index >= 15 is 0 Å². The highest BCUT2D eigenvalue weighted by Gasteiger charge is 2.25. The smallest absolute Gasteiger partial charge is 0.179 e. The molecule has 0 radical (unpaired) electrons. The van der Waals surface area contributed by atoms with Crippen molar-refractivity contribution in [2.24, 2.45) is 5.92 Å². The summed E-state index contributed by atoms with van der Waals surface area (Å²) in [4.78, 5) is 14.1. The number of piperidine rings is 1. The summed E-state index contributed by atoms with van der Waals surface area (Å²) in [7, 11) is 0. The second kappa shape index (κ2) is 5.78. The Bertz CT molecular complexity index is 475. The third-order valence-electron chi connectivity index (χ3n) is 3.82. The fourth-order valence-corrected chi connectivity index (χ4v) is 2.58. The molecule has 2 unspecified atom stereocenters. The van der Waals surface area contributed by atoms with Crippen molar-refractivity contribution in [2.75, 3.05) is 13.1 Å². The Morgan fingerprint density at radius 3 is 2.79 bits per heavy atom. The number of likely N-dealkylation sites (tertiary alicyclic amines) is 1. The normalized spacial score (nSPS) is 24.4. The van der Waals surface area contributed by atoms with Crippen LogP contribution in [-0.2, 0) is 0 Å². The maximum absolute atomic E-state index is 13.5. The monoisotopic (exact) mass is 267 g/mol. The SMILES string of the molecule is CC1CCC(C)N(CC(=O)c2cc(F)ccc2F)C1. The summed E-state index contributed by atoms with van der Waals surface area (Å²) in [5, 5.41) is 0. The number of nitrogens with zero attached hydrogens (tertiary/aromatic N) is 1. The fraction of sp³-hybridized carbons (Fsp3) is 0.533. The van der Waals surface area contributed by atoms with Crippen LogP contribution in [0.5, 0.6) is 0 Å². The van der Waals surface area contributed by atoms with Gasteiger partial charge in [0.05, 0.1) is 12.1 Å². The van der Waals surface area contributed by atoms with Crippen LogP contribution in [0.2, 0.25) is 0 Å². The van der Waals surface area contributed by atoms with Crippen LogP contribution in [0.4, 0.5) is 8.78 Å². The van der Waals surface area contributed by atoms with Gasteiger partial charge in [-0.25, -0.2) is 8.78 Å². The molecule has 0 bridgehead atoms. The summed E-state index contributed by atoms with van der Waals surface area (Å²) in [5.41, 5.74) is -0.148. The maximum atomic E-state index is 13.5. The van der Waals surface area contributed by atoms with Gasteiger partial charge in [0.1, 0.15) is 11.6 Å². The van der Waals surface area contributed by atoms with Crippen LogP contribution >= 0.6 is 0 Å². The van der Waals surface area contributed by atoms with E-state index in [0.717, 1.165) is 37.6 Å². The van der Waals surface area contributed by atoms with E-state index in [9.17, 15) is 13.6 Å². The molecule has 4 heteroatoms. The Morgan fingerprint density at radius 1 is 1.32 bits per heavy atom. The van der Waals surface area contributed by atoms with E-state index in [2.05, 4.69) is 18.7 Å². The zero-order chi connectivity index (χ0) is 14.0. The van der Waals surface area contributed by atoms with E-state index in [-0.39, 0.29) is 17.9 Å². The van der Waals surface area contributed by atoms with Gasteiger partial charge < -0.3 is 0 Å². The number of halogens is 2. The lowest BCUT2D eigenvalue weighted by molar-refractivity contribution is 0.0801. The topological polar surface area (TPSA) is 20.3 Å². The minimum absolute atomic E-state index is 0.148. The van der Waals surface area contributed by atoms with E-state index in [0.29, 0.717) is 12.0 Å². The first-order chi connectivity index (χ1) is 8.97. The third-order valence-corrected chi connectivity index (χ3v) is 3.82. The average Bonchev–Trinajstić information content (AvgIpc) is 2.36. The van der Waals surface area contributed by atoms with Crippen molar-refractivity contribution >= 4 is 5.78 Å². The second-order valence-electron chi connectivity index (χ2n) is 5.51. The van der Waals surface area contributed by atoms with E-state index in [4.69, 9.17) is 0 Å². The van der Waals surface area contributed by atoms with Crippen molar-refractivity contribution in [1.82, 2.24) is 4.90 Å². The van der Waals surface area contributed by atoms with Crippen molar-refractivity contribution in [3.8, 4) is 0 Å². The van der Waals surface area contributed by atoms with Gasteiger partial charge in [-0.05, 0) is 43.9 Å². The number of carbonyl (C=O) groups is 1. The van der Waals surface area contributed by atoms with Crippen LogP contribution in [0.3, 0.4) is 0 Å². The molecule has 2 nitrogen and oxygen atoms in total. The third kappa shape index (κ3) is 3.38. The first-order valence-electron chi connectivity index (χ1n) is 6.69. The summed E-state index contributed by atoms with van der Waals surface area (Å²) >= 11 is 0. The molecule has 1 aromatic rings. The highest BCUT2D eigenvalue weighted by Crippen LogP contribution is 2.22. The van der Waals surface area contributed by atoms with Gasteiger partial charge in [0.2, 0.25) is 0 Å². The molecule has 1 aliphatic rings. The van der Waals surface area contributed by atoms with Gasteiger partial charge in [0, 0.05) is 12.6 Å². The van der Waals surface area contributed by atoms with Crippen LogP contribution in [0.15, 0.2) is 18.2 Å². The lowest BCUT2D eigenvalue weighted by Crippen LogP contribution is -2.43. The number of benzene rings is 1. The molecule has 1 aromatic carbocycles. The van der Waals surface area contributed by atoms with Gasteiger partial charge in [-0.3, -0.25) is 9.69 Å². The van der Waals surface area contributed by atoms with E-state index < -0.39 is 11.6 Å². The van der Waals surface area contributed by atoms with Crippen molar-refractivity contribution in [3.05, 3.63) is 35.4 Å². The molecule has 1 heterocycles. The Hall–Kier alpha value is -1.29. The summed E-state index contributed by atoms with van der Waals surface area (Å²) in [6, 6.07) is 3.33. The average molecular weight is 267 g/mol. The lowest BCUT2D eigenvalue weighted by atomic mass is 9.94. The highest BCUT2D eigenvalue weighted by atomic mass is 19.1. The van der Waals surface area contributed by atoms with Crippen molar-refractivity contribution in [1.29, 1.82) is 0 Å². The minimum Gasteiger partial charge on any atom is -0.293 e. The molecular weight excluding hydrogens is 248 g/mol. The summed E-state index contributed by atoms with van der Waals surface area (Å²) in [6.45, 7) is 5.21. The number of carbonyl (C=O) groups excluding carboxylic acids is 1. The molecular formula is C15H19F2NO. The Balaban J connectivity index is 2.10. The molecule has 0 aromatic heterocycles. The Kier molecular flexibility index (Phi) is 4.30. The van der Waals surface area contributed by atoms with Crippen LogP contribution in [-0.4, -0.2) is 29.8 Å². The van der Waals surface area contributed by atoms with Gasteiger partial charge in [-0.15, -0.1) is 0 Å². The van der Waals surface area contributed by atoms with Gasteiger partial charge >= 0.3 is 0 Å². The van der Waals surface area contributed by atoms with Crippen molar-refractivity contribution < 1.29 is 13.6 Å². The molecule has 1 fully saturated rings. The number of ketones is 1. The van der Waals surface area contributed by atoms with Crippen molar-refractivity contribution in [3.63, 3.8) is 0 Å². The molecule has 2 atom stereocenters. The maximum Gasteiger partial charge on any atom is 0.179 e. The molecule has 1 saturated heterocycles. The summed E-state index contributed by atoms with van der Waals surface area (Å²) in [5.74, 6) is -1.03. The molecule has 2 rings (SSSR count). The Labute approximate surface area is 112 Å². The number of hydrogen-bond donors (Lipinski definition) is 0. The van der Waals surface area contributed by atoms with Crippen LogP contribution in [0, 0.1) is 17.6 Å². The van der Waals surface area contributed by atoms with Gasteiger partial charge in [-0.1, -0.05) is 6.92 Å². The van der Waals surface area contributed by atoms with Crippen LogP contribution in [0.1, 0.15) is 37.0 Å². The lowest BCUT2D eigenvalue weighted by Gasteiger charge is -2.36. The van der Waals surface area contributed by atoms with E-state index in [1.165, 1.54) is 0 Å². The quantitative estimate of drug-likeness (QED) is 0.783. The Morgan fingerprint density at radius 2 is 2.05 bits per heavy atom. The predicted molar refractivity (Wildman–Crippen MR) is 70.1 cm³/mol. The van der Waals surface area contributed by atoms with Crippen LogP contribution < -0.4 is 0 Å². The second-order valence-corrected chi connectivity index (χ2v) is 5.51. The van der Waals surface area contributed by atoms with Gasteiger partial charge in [0.15, 0.2) is 5.78 Å². The van der Waals surface area contributed by atoms with Crippen molar-refractivity contribution in [2.45, 2.75) is 32.7 Å². The zero-order valence-corrected chi connectivity index (χ0v) is 11.3. The summed E-state index contributed by atoms with van der Waals surface area (Å²) in [6.07, 6.45) is 2.19. The van der Waals surface area contributed by atoms with Gasteiger partial charge in [-0.2, -0.15) is 0 Å². The number of Topliss-reactive ketones (excluding diaryl/α,β-unsaturated/α-hetero) is 1. The number of hydrogen-bond acceptors (Lipinski definition) is 2. The van der Waals surface area contributed by atoms with E-state index in [1.807, 2.05) is 0 Å². The molecule has 0 saturated carbocycles. The molecule has 0 N–H and O–H groups in total.